The Morgan fingerprint density at radius 3 is 2.16 bits per heavy atom. The standard InChI is InChI=1S/C13H10F2N2O6S2/c14-10-6-11(15)12(5-9(10)13(18)19)17-25(22,23)8-3-1-2-7(4-8)24(16,20)21/h1-6,17H,(H,18,19)(H2,16,20,21). The first-order valence-corrected chi connectivity index (χ1v) is 9.33. The number of hydrogen-bond acceptors (Lipinski definition) is 5. The third-order valence-electron chi connectivity index (χ3n) is 2.98. The Morgan fingerprint density at radius 1 is 1.00 bits per heavy atom. The van der Waals surface area contributed by atoms with E-state index in [-0.39, 0.29) is 6.07 Å². The van der Waals surface area contributed by atoms with Crippen molar-refractivity contribution in [2.75, 3.05) is 4.72 Å². The molecule has 2 rings (SSSR count). The summed E-state index contributed by atoms with van der Waals surface area (Å²) in [5.41, 5.74) is -1.77. The number of sulfonamides is 2. The maximum absolute atomic E-state index is 13.7. The van der Waals surface area contributed by atoms with E-state index in [2.05, 4.69) is 0 Å². The Labute approximate surface area is 141 Å². The molecule has 0 aliphatic heterocycles. The van der Waals surface area contributed by atoms with Gasteiger partial charge in [0, 0.05) is 6.07 Å². The van der Waals surface area contributed by atoms with Crippen molar-refractivity contribution in [2.24, 2.45) is 5.14 Å². The zero-order valence-corrected chi connectivity index (χ0v) is 13.7. The lowest BCUT2D eigenvalue weighted by Crippen LogP contribution is -2.17. The molecule has 0 spiro atoms. The second-order valence-corrected chi connectivity index (χ2v) is 7.99. The smallest absolute Gasteiger partial charge is 0.338 e. The fourth-order valence-corrected chi connectivity index (χ4v) is 3.55. The van der Waals surface area contributed by atoms with Crippen LogP contribution in [-0.4, -0.2) is 27.9 Å². The van der Waals surface area contributed by atoms with Crippen molar-refractivity contribution in [1.82, 2.24) is 0 Å². The molecule has 12 heteroatoms. The van der Waals surface area contributed by atoms with Crippen molar-refractivity contribution in [3.05, 3.63) is 53.6 Å². The van der Waals surface area contributed by atoms with Crippen molar-refractivity contribution >= 4 is 31.7 Å². The Hall–Kier alpha value is -2.57. The minimum Gasteiger partial charge on any atom is -0.478 e. The average Bonchev–Trinajstić information content (AvgIpc) is 2.49. The fraction of sp³-hybridized carbons (Fsp3) is 0. The fourth-order valence-electron chi connectivity index (χ4n) is 1.81. The predicted octanol–water partition coefficient (Wildman–Crippen LogP) is 1.11. The van der Waals surface area contributed by atoms with E-state index < -0.39 is 58.7 Å². The molecule has 0 bridgehead atoms. The maximum atomic E-state index is 13.7. The van der Waals surface area contributed by atoms with Crippen molar-refractivity contribution in [3.8, 4) is 0 Å². The Kier molecular flexibility index (Phi) is 4.79. The molecule has 2 aromatic rings. The summed E-state index contributed by atoms with van der Waals surface area (Å²) >= 11 is 0. The molecule has 0 saturated heterocycles. The first kappa shape index (κ1) is 18.8. The minimum absolute atomic E-state index is 0.210. The van der Waals surface area contributed by atoms with Crippen molar-refractivity contribution in [1.29, 1.82) is 0 Å². The van der Waals surface area contributed by atoms with Gasteiger partial charge in [-0.25, -0.2) is 35.5 Å². The molecule has 0 heterocycles. The van der Waals surface area contributed by atoms with Crippen LogP contribution in [0.5, 0.6) is 0 Å². The second kappa shape index (κ2) is 6.38. The average molecular weight is 392 g/mol. The van der Waals surface area contributed by atoms with E-state index in [1.165, 1.54) is 0 Å². The SMILES string of the molecule is NS(=O)(=O)c1cccc(S(=O)(=O)Nc2cc(C(=O)O)c(F)cc2F)c1. The van der Waals surface area contributed by atoms with Gasteiger partial charge >= 0.3 is 5.97 Å². The summed E-state index contributed by atoms with van der Waals surface area (Å²) in [6, 6.07) is 4.57. The van der Waals surface area contributed by atoms with Gasteiger partial charge in [0.1, 0.15) is 11.6 Å². The van der Waals surface area contributed by atoms with Gasteiger partial charge in [0.15, 0.2) is 0 Å². The van der Waals surface area contributed by atoms with Crippen molar-refractivity contribution in [3.63, 3.8) is 0 Å². The van der Waals surface area contributed by atoms with Gasteiger partial charge in [-0.2, -0.15) is 0 Å². The molecule has 2 aromatic carbocycles. The number of carboxylic acid groups (broad SMARTS) is 1. The molecule has 0 unspecified atom stereocenters. The molecule has 0 atom stereocenters. The zero-order chi connectivity index (χ0) is 19.0. The van der Waals surface area contributed by atoms with Gasteiger partial charge in [0.25, 0.3) is 10.0 Å². The Bertz CT molecular complexity index is 1070. The summed E-state index contributed by atoms with van der Waals surface area (Å²) in [6.07, 6.45) is 0. The number of halogens is 2. The number of carboxylic acids is 1. The third-order valence-corrected chi connectivity index (χ3v) is 5.25. The minimum atomic E-state index is -4.50. The number of aromatic carboxylic acids is 1. The van der Waals surface area contributed by atoms with Crippen molar-refractivity contribution in [2.45, 2.75) is 9.79 Å². The maximum Gasteiger partial charge on any atom is 0.338 e. The highest BCUT2D eigenvalue weighted by Gasteiger charge is 2.21. The van der Waals surface area contributed by atoms with E-state index in [0.29, 0.717) is 6.07 Å². The van der Waals surface area contributed by atoms with E-state index in [0.717, 1.165) is 24.3 Å². The number of primary sulfonamides is 1. The van der Waals surface area contributed by atoms with Gasteiger partial charge in [-0.3, -0.25) is 4.72 Å². The highest BCUT2D eigenvalue weighted by atomic mass is 32.2. The number of rotatable bonds is 5. The van der Waals surface area contributed by atoms with Crippen LogP contribution in [0.3, 0.4) is 0 Å². The lowest BCUT2D eigenvalue weighted by Gasteiger charge is -2.11. The molecule has 0 aromatic heterocycles. The molecular weight excluding hydrogens is 382 g/mol. The Balaban J connectivity index is 2.50. The van der Waals surface area contributed by atoms with Gasteiger partial charge in [-0.1, -0.05) is 6.07 Å². The monoisotopic (exact) mass is 392 g/mol. The highest BCUT2D eigenvalue weighted by Crippen LogP contribution is 2.24. The van der Waals surface area contributed by atoms with Crippen LogP contribution in [0.1, 0.15) is 10.4 Å². The number of carbonyl (C=O) groups is 1. The number of hydrogen-bond donors (Lipinski definition) is 3. The lowest BCUT2D eigenvalue weighted by molar-refractivity contribution is 0.0692. The first-order valence-electron chi connectivity index (χ1n) is 6.30. The van der Waals surface area contributed by atoms with Gasteiger partial charge in [-0.05, 0) is 24.3 Å². The van der Waals surface area contributed by atoms with Gasteiger partial charge < -0.3 is 5.11 Å². The number of nitrogens with one attached hydrogen (secondary N) is 1. The van der Waals surface area contributed by atoms with Crippen LogP contribution in [0.2, 0.25) is 0 Å². The first-order chi connectivity index (χ1) is 11.4. The molecule has 0 aliphatic rings. The molecule has 4 N–H and O–H groups in total. The highest BCUT2D eigenvalue weighted by molar-refractivity contribution is 7.93. The molecule has 134 valence electrons. The molecule has 0 aliphatic carbocycles. The molecule has 25 heavy (non-hydrogen) atoms. The molecule has 0 radical (unpaired) electrons. The van der Waals surface area contributed by atoms with Gasteiger partial charge in [0.05, 0.1) is 21.0 Å². The predicted molar refractivity (Wildman–Crippen MR) is 81.9 cm³/mol. The van der Waals surface area contributed by atoms with E-state index in [4.69, 9.17) is 10.2 Å². The topological polar surface area (TPSA) is 144 Å². The normalized spacial score (nSPS) is 12.0. The molecular formula is C13H10F2N2O6S2. The third kappa shape index (κ3) is 4.10. The van der Waals surface area contributed by atoms with E-state index >= 15 is 0 Å². The van der Waals surface area contributed by atoms with E-state index in [1.807, 2.05) is 0 Å². The largest absolute Gasteiger partial charge is 0.478 e. The molecule has 0 fully saturated rings. The number of anilines is 1. The number of benzene rings is 2. The summed E-state index contributed by atoms with van der Waals surface area (Å²) in [4.78, 5) is 9.79. The number of nitrogens with two attached hydrogens (primary N) is 1. The van der Waals surface area contributed by atoms with E-state index in [1.54, 1.807) is 4.72 Å². The quantitative estimate of drug-likeness (QED) is 0.695. The van der Waals surface area contributed by atoms with Crippen LogP contribution in [0, 0.1) is 11.6 Å². The summed E-state index contributed by atoms with van der Waals surface area (Å²) < 4.78 is 75.9. The van der Waals surface area contributed by atoms with Gasteiger partial charge in [0.2, 0.25) is 10.0 Å². The molecule has 0 amide bonds. The van der Waals surface area contributed by atoms with Crippen LogP contribution in [0.15, 0.2) is 46.2 Å². The van der Waals surface area contributed by atoms with Crippen LogP contribution < -0.4 is 9.86 Å². The van der Waals surface area contributed by atoms with Crippen LogP contribution in [0.4, 0.5) is 14.5 Å². The lowest BCUT2D eigenvalue weighted by atomic mass is 10.2. The zero-order valence-electron chi connectivity index (χ0n) is 12.1. The second-order valence-electron chi connectivity index (χ2n) is 4.74. The summed E-state index contributed by atoms with van der Waals surface area (Å²) in [6.45, 7) is 0. The summed E-state index contributed by atoms with van der Waals surface area (Å²) in [5.74, 6) is -4.47. The van der Waals surface area contributed by atoms with Gasteiger partial charge in [-0.15, -0.1) is 0 Å². The van der Waals surface area contributed by atoms with Crippen molar-refractivity contribution < 1.29 is 35.5 Å². The van der Waals surface area contributed by atoms with Crippen LogP contribution in [0.25, 0.3) is 0 Å². The summed E-state index contributed by atoms with van der Waals surface area (Å²) in [7, 11) is -8.68. The van der Waals surface area contributed by atoms with Crippen LogP contribution >= 0.6 is 0 Å². The van der Waals surface area contributed by atoms with Crippen LogP contribution in [-0.2, 0) is 20.0 Å². The van der Waals surface area contributed by atoms with E-state index in [9.17, 15) is 30.4 Å². The molecule has 0 saturated carbocycles. The molecule has 8 nitrogen and oxygen atoms in total. The Morgan fingerprint density at radius 2 is 1.60 bits per heavy atom. The summed E-state index contributed by atoms with van der Waals surface area (Å²) in [5, 5.41) is 13.7.